The molecule has 1 aliphatic heterocycles. The van der Waals surface area contributed by atoms with Gasteiger partial charge >= 0.3 is 0 Å². The Morgan fingerprint density at radius 2 is 1.31 bits per heavy atom. The van der Waals surface area contributed by atoms with Gasteiger partial charge in [-0.15, -0.1) is 0 Å². The summed E-state index contributed by atoms with van der Waals surface area (Å²) in [4.78, 5) is 14.4. The van der Waals surface area contributed by atoms with E-state index in [0.29, 0.717) is 23.8 Å². The molecule has 0 radical (unpaired) electrons. The molecule has 1 amide bonds. The second-order valence-electron chi connectivity index (χ2n) is 8.10. The molecule has 190 valence electrons. The zero-order valence-corrected chi connectivity index (χ0v) is 21.7. The van der Waals surface area contributed by atoms with Crippen LogP contribution in [0.1, 0.15) is 23.2 Å². The van der Waals surface area contributed by atoms with Gasteiger partial charge in [0.1, 0.15) is 5.75 Å². The van der Waals surface area contributed by atoms with Crippen molar-refractivity contribution in [2.45, 2.75) is 22.6 Å². The van der Waals surface area contributed by atoms with Crippen molar-refractivity contribution < 1.29 is 26.4 Å². The van der Waals surface area contributed by atoms with E-state index >= 15 is 0 Å². The van der Waals surface area contributed by atoms with Gasteiger partial charge < -0.3 is 9.64 Å². The van der Waals surface area contributed by atoms with Crippen LogP contribution in [0.15, 0.2) is 76.5 Å². The minimum atomic E-state index is -4.07. The maximum Gasteiger partial charge on any atom is 0.261 e. The first-order valence-electron chi connectivity index (χ1n) is 11.0. The lowest BCUT2D eigenvalue weighted by molar-refractivity contribution is 0.0789. The van der Waals surface area contributed by atoms with Crippen LogP contribution in [0.5, 0.6) is 5.75 Å². The number of methoxy groups -OCH3 is 1. The Labute approximate surface area is 215 Å². The molecule has 0 aliphatic carbocycles. The van der Waals surface area contributed by atoms with Crippen molar-refractivity contribution in [1.29, 1.82) is 0 Å². The van der Waals surface area contributed by atoms with Crippen LogP contribution >= 0.6 is 11.6 Å². The summed E-state index contributed by atoms with van der Waals surface area (Å²) in [5, 5.41) is 0.471. The van der Waals surface area contributed by atoms with Crippen molar-refractivity contribution in [1.82, 2.24) is 4.90 Å². The molecule has 12 heteroatoms. The molecule has 0 aromatic heterocycles. The number of benzene rings is 3. The second-order valence-corrected chi connectivity index (χ2v) is 11.9. The number of hydrogen-bond donors (Lipinski definition) is 2. The molecule has 1 saturated heterocycles. The number of nitrogens with zero attached hydrogens (tertiary/aromatic N) is 1. The van der Waals surface area contributed by atoms with Crippen LogP contribution in [0.25, 0.3) is 0 Å². The number of halogens is 1. The maximum atomic E-state index is 13.0. The molecule has 1 aliphatic rings. The molecule has 2 N–H and O–H groups in total. The number of hydrogen-bond acceptors (Lipinski definition) is 6. The quantitative estimate of drug-likeness (QED) is 0.434. The molecule has 0 saturated carbocycles. The number of carbonyl (C=O) groups is 1. The van der Waals surface area contributed by atoms with E-state index in [0.717, 1.165) is 12.8 Å². The molecule has 0 bridgehead atoms. The molecule has 0 spiro atoms. The van der Waals surface area contributed by atoms with Gasteiger partial charge in [0.2, 0.25) is 0 Å². The third kappa shape index (κ3) is 5.75. The molecule has 9 nitrogen and oxygen atoms in total. The van der Waals surface area contributed by atoms with Gasteiger partial charge in [0.15, 0.2) is 0 Å². The fourth-order valence-corrected chi connectivity index (χ4v) is 6.03. The smallest absolute Gasteiger partial charge is 0.261 e. The molecule has 3 aromatic carbocycles. The average Bonchev–Trinajstić information content (AvgIpc) is 3.40. The first kappa shape index (κ1) is 25.8. The van der Waals surface area contributed by atoms with Crippen LogP contribution in [-0.2, 0) is 20.0 Å². The van der Waals surface area contributed by atoms with Gasteiger partial charge in [-0.25, -0.2) is 16.8 Å². The van der Waals surface area contributed by atoms with Gasteiger partial charge in [0.05, 0.1) is 22.5 Å². The largest absolute Gasteiger partial charge is 0.496 e. The first-order chi connectivity index (χ1) is 17.1. The Hall–Kier alpha value is -3.28. The maximum absolute atomic E-state index is 13.0. The highest BCUT2D eigenvalue weighted by Crippen LogP contribution is 2.27. The summed E-state index contributed by atoms with van der Waals surface area (Å²) in [6, 6.07) is 15.5. The topological polar surface area (TPSA) is 122 Å². The Morgan fingerprint density at radius 1 is 0.806 bits per heavy atom. The normalized spacial score (nSPS) is 13.9. The summed E-state index contributed by atoms with van der Waals surface area (Å²) in [5.74, 6) is -0.00209. The lowest BCUT2D eigenvalue weighted by atomic mass is 10.1. The highest BCUT2D eigenvalue weighted by molar-refractivity contribution is 7.93. The van der Waals surface area contributed by atoms with E-state index in [9.17, 15) is 21.6 Å². The fourth-order valence-electron chi connectivity index (χ4n) is 3.76. The zero-order valence-electron chi connectivity index (χ0n) is 19.3. The summed E-state index contributed by atoms with van der Waals surface area (Å²) in [7, 11) is -6.55. The summed E-state index contributed by atoms with van der Waals surface area (Å²) in [6.07, 6.45) is 1.79. The Morgan fingerprint density at radius 3 is 1.86 bits per heavy atom. The number of carbonyl (C=O) groups excluding carboxylic acids is 1. The number of ether oxygens (including phenoxy) is 1. The van der Waals surface area contributed by atoms with Crippen LogP contribution in [0.3, 0.4) is 0 Å². The molecule has 1 heterocycles. The molecule has 0 unspecified atom stereocenters. The van der Waals surface area contributed by atoms with Gasteiger partial charge in [-0.1, -0.05) is 11.6 Å². The lowest BCUT2D eigenvalue weighted by Crippen LogP contribution is -2.28. The number of likely N-dealkylation sites (tertiary alicyclic amines) is 1. The van der Waals surface area contributed by atoms with E-state index in [1.54, 1.807) is 17.0 Å². The molecule has 3 aromatic rings. The van der Waals surface area contributed by atoms with Crippen LogP contribution < -0.4 is 14.2 Å². The fraction of sp³-hybridized carbons (Fsp3) is 0.208. The zero-order chi connectivity index (χ0) is 25.9. The minimum Gasteiger partial charge on any atom is -0.496 e. The van der Waals surface area contributed by atoms with E-state index in [1.165, 1.54) is 61.7 Å². The van der Waals surface area contributed by atoms with Crippen LogP contribution in [0, 0.1) is 0 Å². The Kier molecular flexibility index (Phi) is 7.43. The molecule has 0 atom stereocenters. The number of sulfonamides is 2. The van der Waals surface area contributed by atoms with E-state index in [2.05, 4.69) is 9.44 Å². The summed E-state index contributed by atoms with van der Waals surface area (Å²) < 4.78 is 61.5. The molecule has 1 fully saturated rings. The number of nitrogens with one attached hydrogen (secondary N) is 2. The molecular formula is C24H24ClN3O6S2. The van der Waals surface area contributed by atoms with Gasteiger partial charge in [0.25, 0.3) is 26.0 Å². The van der Waals surface area contributed by atoms with Crippen molar-refractivity contribution in [3.05, 3.63) is 77.3 Å². The average molecular weight is 550 g/mol. The number of amides is 1. The predicted octanol–water partition coefficient (Wildman–Crippen LogP) is 4.19. The van der Waals surface area contributed by atoms with Crippen molar-refractivity contribution >= 4 is 48.9 Å². The standard InChI is InChI=1S/C24H24ClN3O6S2/c1-34-23-13-12-21(16-22(23)24(29)28-14-2-3-15-28)36(32,33)27-19-8-10-20(11-9-19)35(30,31)26-18-6-4-17(25)5-7-18/h4-13,16,26-27H,2-3,14-15H2,1H3. The lowest BCUT2D eigenvalue weighted by Gasteiger charge is -2.18. The number of rotatable bonds is 8. The van der Waals surface area contributed by atoms with Crippen LogP contribution in [-0.4, -0.2) is 47.8 Å². The van der Waals surface area contributed by atoms with Gasteiger partial charge in [-0.3, -0.25) is 14.2 Å². The van der Waals surface area contributed by atoms with E-state index < -0.39 is 20.0 Å². The van der Waals surface area contributed by atoms with E-state index in [1.807, 2.05) is 0 Å². The van der Waals surface area contributed by atoms with Crippen molar-refractivity contribution in [3.8, 4) is 5.75 Å². The second kappa shape index (κ2) is 10.4. The van der Waals surface area contributed by atoms with Crippen LogP contribution in [0.4, 0.5) is 11.4 Å². The van der Waals surface area contributed by atoms with E-state index in [-0.39, 0.29) is 32.7 Å². The predicted molar refractivity (Wildman–Crippen MR) is 138 cm³/mol. The van der Waals surface area contributed by atoms with Gasteiger partial charge in [-0.05, 0) is 79.6 Å². The summed E-state index contributed by atoms with van der Waals surface area (Å²) in [6.45, 7) is 1.22. The monoisotopic (exact) mass is 549 g/mol. The van der Waals surface area contributed by atoms with Crippen molar-refractivity contribution in [2.24, 2.45) is 0 Å². The first-order valence-corrected chi connectivity index (χ1v) is 14.3. The van der Waals surface area contributed by atoms with Crippen LogP contribution in [0.2, 0.25) is 5.02 Å². The SMILES string of the molecule is COc1ccc(S(=O)(=O)Nc2ccc(S(=O)(=O)Nc3ccc(Cl)cc3)cc2)cc1C(=O)N1CCCC1. The molecular weight excluding hydrogens is 526 g/mol. The van der Waals surface area contributed by atoms with E-state index in [4.69, 9.17) is 16.3 Å². The third-order valence-electron chi connectivity index (χ3n) is 5.62. The number of anilines is 2. The third-order valence-corrected chi connectivity index (χ3v) is 8.65. The highest BCUT2D eigenvalue weighted by atomic mass is 35.5. The summed E-state index contributed by atoms with van der Waals surface area (Å²) >= 11 is 5.82. The van der Waals surface area contributed by atoms with Gasteiger partial charge in [0, 0.05) is 29.5 Å². The van der Waals surface area contributed by atoms with Crippen molar-refractivity contribution in [3.63, 3.8) is 0 Å². The highest BCUT2D eigenvalue weighted by Gasteiger charge is 2.25. The Balaban J connectivity index is 1.53. The minimum absolute atomic E-state index is 0.0525. The Bertz CT molecular complexity index is 1470. The summed E-state index contributed by atoms with van der Waals surface area (Å²) in [5.41, 5.74) is 0.656. The van der Waals surface area contributed by atoms with Gasteiger partial charge in [-0.2, -0.15) is 0 Å². The molecule has 4 rings (SSSR count). The van der Waals surface area contributed by atoms with Crippen molar-refractivity contribution in [2.75, 3.05) is 29.6 Å². The molecule has 36 heavy (non-hydrogen) atoms.